The average molecular weight is 329 g/mol. The Hall–Kier alpha value is -1.64. The lowest BCUT2D eigenvalue weighted by molar-refractivity contribution is -0.0407. The van der Waals surface area contributed by atoms with E-state index >= 15 is 0 Å². The van der Waals surface area contributed by atoms with E-state index in [2.05, 4.69) is 29.8 Å². The molecule has 1 aromatic heterocycles. The van der Waals surface area contributed by atoms with Gasteiger partial charge in [-0.25, -0.2) is 4.98 Å². The van der Waals surface area contributed by atoms with Crippen LogP contribution in [0.4, 0.5) is 0 Å². The van der Waals surface area contributed by atoms with E-state index in [1.807, 2.05) is 6.92 Å². The molecule has 0 spiro atoms. The standard InChI is InChI=1S/C19H27N3O2/c1-14-17-13-24-19(2,3)11-15(17)16(12-20)18(21-14)23-10-9-22-7-5-4-6-8-22/h4-11,13H2,1-3H3. The maximum absolute atomic E-state index is 9.66. The normalized spacial score (nSPS) is 20.2. The Morgan fingerprint density at radius 1 is 1.25 bits per heavy atom. The topological polar surface area (TPSA) is 58.4 Å². The number of nitriles is 1. The number of pyridine rings is 1. The van der Waals surface area contributed by atoms with Crippen molar-refractivity contribution in [3.63, 3.8) is 0 Å². The number of piperidine rings is 1. The summed E-state index contributed by atoms with van der Waals surface area (Å²) < 4.78 is 11.8. The summed E-state index contributed by atoms with van der Waals surface area (Å²) in [5.74, 6) is 0.489. The molecule has 5 nitrogen and oxygen atoms in total. The Kier molecular flexibility index (Phi) is 5.07. The molecule has 0 aliphatic carbocycles. The zero-order valence-electron chi connectivity index (χ0n) is 15.0. The van der Waals surface area contributed by atoms with Crippen molar-refractivity contribution >= 4 is 0 Å². The van der Waals surface area contributed by atoms with E-state index in [0.29, 0.717) is 24.7 Å². The van der Waals surface area contributed by atoms with Crippen molar-refractivity contribution in [2.75, 3.05) is 26.2 Å². The number of aryl methyl sites for hydroxylation is 1. The van der Waals surface area contributed by atoms with Gasteiger partial charge in [0.2, 0.25) is 5.88 Å². The second-order valence-electron chi connectivity index (χ2n) is 7.42. The van der Waals surface area contributed by atoms with Crippen molar-refractivity contribution in [2.24, 2.45) is 0 Å². The van der Waals surface area contributed by atoms with Gasteiger partial charge in [-0.2, -0.15) is 5.26 Å². The Morgan fingerprint density at radius 3 is 2.71 bits per heavy atom. The fraction of sp³-hybridized carbons (Fsp3) is 0.684. The molecule has 3 rings (SSSR count). The Morgan fingerprint density at radius 2 is 2.00 bits per heavy atom. The van der Waals surface area contributed by atoms with Gasteiger partial charge in [0.1, 0.15) is 18.2 Å². The summed E-state index contributed by atoms with van der Waals surface area (Å²) in [4.78, 5) is 6.97. The molecule has 1 aromatic rings. The molecule has 24 heavy (non-hydrogen) atoms. The minimum atomic E-state index is -0.253. The van der Waals surface area contributed by atoms with Crippen LogP contribution in [-0.4, -0.2) is 41.7 Å². The smallest absolute Gasteiger partial charge is 0.232 e. The third-order valence-corrected chi connectivity index (χ3v) is 5.00. The van der Waals surface area contributed by atoms with Gasteiger partial charge in [-0.1, -0.05) is 6.42 Å². The van der Waals surface area contributed by atoms with E-state index < -0.39 is 0 Å². The molecule has 3 heterocycles. The quantitative estimate of drug-likeness (QED) is 0.850. The van der Waals surface area contributed by atoms with Crippen LogP contribution in [0.1, 0.15) is 55.5 Å². The summed E-state index contributed by atoms with van der Waals surface area (Å²) in [6.45, 7) is 10.4. The van der Waals surface area contributed by atoms with Gasteiger partial charge in [-0.05, 0) is 52.3 Å². The molecule has 5 heteroatoms. The van der Waals surface area contributed by atoms with E-state index in [-0.39, 0.29) is 5.60 Å². The second kappa shape index (κ2) is 7.08. The van der Waals surface area contributed by atoms with Crippen LogP contribution in [-0.2, 0) is 17.8 Å². The van der Waals surface area contributed by atoms with E-state index in [1.165, 1.54) is 19.3 Å². The SMILES string of the molecule is Cc1nc(OCCN2CCCCC2)c(C#N)c2c1COC(C)(C)C2. The summed E-state index contributed by atoms with van der Waals surface area (Å²) in [5.41, 5.74) is 3.35. The molecule has 0 bridgehead atoms. The third-order valence-electron chi connectivity index (χ3n) is 5.00. The minimum absolute atomic E-state index is 0.253. The number of rotatable bonds is 4. The van der Waals surface area contributed by atoms with Crippen LogP contribution in [0.25, 0.3) is 0 Å². The number of fused-ring (bicyclic) bond motifs is 1. The Bertz CT molecular complexity index is 643. The van der Waals surface area contributed by atoms with Crippen molar-refractivity contribution in [3.05, 3.63) is 22.4 Å². The molecule has 130 valence electrons. The molecular weight excluding hydrogens is 302 g/mol. The molecule has 0 unspecified atom stereocenters. The zero-order chi connectivity index (χ0) is 17.2. The van der Waals surface area contributed by atoms with Crippen molar-refractivity contribution in [2.45, 2.75) is 58.7 Å². The number of ether oxygens (including phenoxy) is 2. The predicted molar refractivity (Wildman–Crippen MR) is 92.0 cm³/mol. The summed E-state index contributed by atoms with van der Waals surface area (Å²) in [7, 11) is 0. The summed E-state index contributed by atoms with van der Waals surface area (Å²) in [6.07, 6.45) is 4.60. The van der Waals surface area contributed by atoms with Crippen LogP contribution < -0.4 is 4.74 Å². The van der Waals surface area contributed by atoms with Gasteiger partial charge in [-0.3, -0.25) is 4.90 Å². The molecule has 0 atom stereocenters. The van der Waals surface area contributed by atoms with Crippen LogP contribution in [0.5, 0.6) is 5.88 Å². The van der Waals surface area contributed by atoms with Gasteiger partial charge >= 0.3 is 0 Å². The molecule has 0 amide bonds. The summed E-state index contributed by atoms with van der Waals surface area (Å²) >= 11 is 0. The monoisotopic (exact) mass is 329 g/mol. The van der Waals surface area contributed by atoms with E-state index in [4.69, 9.17) is 9.47 Å². The Balaban J connectivity index is 1.76. The minimum Gasteiger partial charge on any atom is -0.475 e. The largest absolute Gasteiger partial charge is 0.475 e. The molecule has 0 aromatic carbocycles. The average Bonchev–Trinajstić information content (AvgIpc) is 2.55. The first-order valence-electron chi connectivity index (χ1n) is 8.92. The second-order valence-corrected chi connectivity index (χ2v) is 7.42. The van der Waals surface area contributed by atoms with Crippen LogP contribution in [0, 0.1) is 18.3 Å². The zero-order valence-corrected chi connectivity index (χ0v) is 15.0. The number of likely N-dealkylation sites (tertiary alicyclic amines) is 1. The lowest BCUT2D eigenvalue weighted by Gasteiger charge is -2.33. The van der Waals surface area contributed by atoms with Crippen molar-refractivity contribution in [1.82, 2.24) is 9.88 Å². The molecule has 0 radical (unpaired) electrons. The summed E-state index contributed by atoms with van der Waals surface area (Å²) in [6, 6.07) is 2.32. The maximum Gasteiger partial charge on any atom is 0.232 e. The molecule has 2 aliphatic rings. The van der Waals surface area contributed by atoms with Gasteiger partial charge in [0.15, 0.2) is 0 Å². The van der Waals surface area contributed by atoms with Crippen molar-refractivity contribution < 1.29 is 9.47 Å². The fourth-order valence-corrected chi connectivity index (χ4v) is 3.58. The number of nitrogens with zero attached hydrogens (tertiary/aromatic N) is 3. The highest BCUT2D eigenvalue weighted by atomic mass is 16.5. The first kappa shape index (κ1) is 17.2. The lowest BCUT2D eigenvalue weighted by atomic mass is 9.88. The number of hydrogen-bond donors (Lipinski definition) is 0. The highest BCUT2D eigenvalue weighted by molar-refractivity contribution is 5.51. The highest BCUT2D eigenvalue weighted by Crippen LogP contribution is 2.34. The van der Waals surface area contributed by atoms with Gasteiger partial charge in [0.05, 0.1) is 12.2 Å². The van der Waals surface area contributed by atoms with E-state index in [0.717, 1.165) is 42.9 Å². The molecular formula is C19H27N3O2. The van der Waals surface area contributed by atoms with Crippen molar-refractivity contribution in [1.29, 1.82) is 5.26 Å². The molecule has 1 fully saturated rings. The predicted octanol–water partition coefficient (Wildman–Crippen LogP) is 2.98. The highest BCUT2D eigenvalue weighted by Gasteiger charge is 2.31. The lowest BCUT2D eigenvalue weighted by Crippen LogP contribution is -2.34. The first-order valence-corrected chi connectivity index (χ1v) is 8.92. The molecule has 0 saturated carbocycles. The van der Waals surface area contributed by atoms with Crippen LogP contribution in [0.2, 0.25) is 0 Å². The molecule has 1 saturated heterocycles. The number of aromatic nitrogens is 1. The third kappa shape index (κ3) is 3.71. The van der Waals surface area contributed by atoms with Gasteiger partial charge in [-0.15, -0.1) is 0 Å². The summed E-state index contributed by atoms with van der Waals surface area (Å²) in [5, 5.41) is 9.66. The van der Waals surface area contributed by atoms with Crippen LogP contribution >= 0.6 is 0 Å². The molecule has 0 N–H and O–H groups in total. The Labute approximate surface area is 144 Å². The number of hydrogen-bond acceptors (Lipinski definition) is 5. The van der Waals surface area contributed by atoms with Gasteiger partial charge < -0.3 is 9.47 Å². The first-order chi connectivity index (χ1) is 11.5. The van der Waals surface area contributed by atoms with Gasteiger partial charge in [0, 0.05) is 24.2 Å². The maximum atomic E-state index is 9.66. The van der Waals surface area contributed by atoms with Gasteiger partial charge in [0.25, 0.3) is 0 Å². The van der Waals surface area contributed by atoms with E-state index in [1.54, 1.807) is 0 Å². The van der Waals surface area contributed by atoms with Crippen molar-refractivity contribution in [3.8, 4) is 11.9 Å². The van der Waals surface area contributed by atoms with Crippen LogP contribution in [0.3, 0.4) is 0 Å². The van der Waals surface area contributed by atoms with Crippen LogP contribution in [0.15, 0.2) is 0 Å². The molecule has 2 aliphatic heterocycles. The fourth-order valence-electron chi connectivity index (χ4n) is 3.58. The van der Waals surface area contributed by atoms with E-state index in [9.17, 15) is 5.26 Å².